The summed E-state index contributed by atoms with van der Waals surface area (Å²) in [6.45, 7) is 9.67. The third-order valence-corrected chi connectivity index (χ3v) is 7.70. The predicted octanol–water partition coefficient (Wildman–Crippen LogP) is 5.23. The first-order valence-corrected chi connectivity index (χ1v) is 14.8. The van der Waals surface area contributed by atoms with E-state index in [0.29, 0.717) is 29.5 Å². The smallest absolute Gasteiger partial charge is 0.459 e. The summed E-state index contributed by atoms with van der Waals surface area (Å²) in [7, 11) is -4.08. The zero-order valence-electron chi connectivity index (χ0n) is 23.4. The molecule has 0 saturated heterocycles. The molecule has 0 spiro atoms. The quantitative estimate of drug-likeness (QED) is 0.163. The number of ether oxygens (including phenoxy) is 2. The molecule has 0 radical (unpaired) electrons. The molecular weight excluding hydrogens is 533 g/mol. The molecule has 0 fully saturated rings. The van der Waals surface area contributed by atoms with Crippen molar-refractivity contribution in [2.45, 2.75) is 66.0 Å². The lowest BCUT2D eigenvalue weighted by atomic mass is 10.2. The molecule has 11 nitrogen and oxygen atoms in total. The fourth-order valence-electron chi connectivity index (χ4n) is 4.26. The van der Waals surface area contributed by atoms with Crippen molar-refractivity contribution >= 4 is 41.5 Å². The van der Waals surface area contributed by atoms with Gasteiger partial charge in [-0.15, -0.1) is 0 Å². The molecule has 0 unspecified atom stereocenters. The number of nitrogens with zero attached hydrogens (tertiary/aromatic N) is 3. The second kappa shape index (κ2) is 12.8. The minimum atomic E-state index is -4.08. The van der Waals surface area contributed by atoms with Crippen molar-refractivity contribution in [2.24, 2.45) is 0 Å². The Balaban J connectivity index is 1.68. The zero-order chi connectivity index (χ0) is 28.9. The molecule has 12 heteroatoms. The van der Waals surface area contributed by atoms with Gasteiger partial charge in [0.1, 0.15) is 29.7 Å². The van der Waals surface area contributed by atoms with Crippen LogP contribution in [0.4, 0.5) is 5.82 Å². The number of nitrogens with one attached hydrogen (secondary N) is 1. The molecular formula is C28H36N5O6P. The number of fused-ring (bicyclic) bond motifs is 3. The monoisotopic (exact) mass is 569 g/mol. The van der Waals surface area contributed by atoms with Crippen LogP contribution in [0, 0.1) is 0 Å². The van der Waals surface area contributed by atoms with E-state index in [9.17, 15) is 9.36 Å². The molecule has 0 aliphatic carbocycles. The fraction of sp³-hybridized carbons (Fsp3) is 0.393. The van der Waals surface area contributed by atoms with Gasteiger partial charge in [-0.1, -0.05) is 36.4 Å². The van der Waals surface area contributed by atoms with Gasteiger partial charge in [-0.05, 0) is 52.8 Å². The van der Waals surface area contributed by atoms with Crippen molar-refractivity contribution in [3.63, 3.8) is 0 Å². The molecule has 0 bridgehead atoms. The number of anilines is 1. The summed E-state index contributed by atoms with van der Waals surface area (Å²) < 4.78 is 38.9. The highest BCUT2D eigenvalue weighted by Crippen LogP contribution is 2.46. The van der Waals surface area contributed by atoms with Crippen molar-refractivity contribution in [3.05, 3.63) is 60.4 Å². The maximum absolute atomic E-state index is 14.1. The lowest BCUT2D eigenvalue weighted by Gasteiger charge is -2.26. The number of pyridine rings is 1. The average molecular weight is 570 g/mol. The topological polar surface area (TPSA) is 140 Å². The minimum Gasteiger partial charge on any atom is -0.462 e. The van der Waals surface area contributed by atoms with Crippen LogP contribution in [0.1, 0.15) is 40.4 Å². The van der Waals surface area contributed by atoms with Crippen LogP contribution in [-0.4, -0.2) is 45.4 Å². The van der Waals surface area contributed by atoms with Crippen LogP contribution in [0.5, 0.6) is 5.75 Å². The third kappa shape index (κ3) is 6.98. The number of aromatic nitrogens is 3. The number of hydrogen-bond acceptors (Lipinski definition) is 9. The van der Waals surface area contributed by atoms with E-state index in [-0.39, 0.29) is 19.3 Å². The Hall–Kier alpha value is -3.50. The molecule has 3 atom stereocenters. The maximum Gasteiger partial charge on any atom is 0.459 e. The molecule has 3 N–H and O–H groups in total. The Bertz CT molecular complexity index is 1510. The Morgan fingerprint density at radius 2 is 1.75 bits per heavy atom. The summed E-state index contributed by atoms with van der Waals surface area (Å²) in [4.78, 5) is 21.8. The molecule has 0 aliphatic rings. The van der Waals surface area contributed by atoms with Crippen molar-refractivity contribution < 1.29 is 27.9 Å². The van der Waals surface area contributed by atoms with Crippen LogP contribution in [-0.2, 0) is 36.5 Å². The number of nitrogen functional groups attached to an aromatic ring is 1. The second-order valence-corrected chi connectivity index (χ2v) is 11.3. The molecule has 4 rings (SSSR count). The number of benzene rings is 2. The van der Waals surface area contributed by atoms with Crippen LogP contribution in [0.3, 0.4) is 0 Å². The van der Waals surface area contributed by atoms with E-state index in [1.54, 1.807) is 52.0 Å². The van der Waals surface area contributed by atoms with Gasteiger partial charge in [0.2, 0.25) is 0 Å². The molecule has 2 heterocycles. The summed E-state index contributed by atoms with van der Waals surface area (Å²) >= 11 is 0. The van der Waals surface area contributed by atoms with Crippen molar-refractivity contribution in [1.82, 2.24) is 19.6 Å². The number of rotatable bonds is 13. The van der Waals surface area contributed by atoms with Crippen LogP contribution < -0.4 is 15.3 Å². The lowest BCUT2D eigenvalue weighted by Crippen LogP contribution is -2.37. The van der Waals surface area contributed by atoms with E-state index < -0.39 is 25.9 Å². The molecule has 4 aromatic rings. The highest BCUT2D eigenvalue weighted by Gasteiger charge is 2.35. The van der Waals surface area contributed by atoms with Crippen molar-refractivity contribution in [3.8, 4) is 5.75 Å². The molecule has 40 heavy (non-hydrogen) atoms. The van der Waals surface area contributed by atoms with Crippen LogP contribution >= 0.6 is 7.75 Å². The summed E-state index contributed by atoms with van der Waals surface area (Å²) in [5, 5.41) is 3.60. The average Bonchev–Trinajstić information content (AvgIpc) is 3.26. The Labute approximate surface area is 233 Å². The van der Waals surface area contributed by atoms with E-state index in [1.807, 2.05) is 41.8 Å². The number of nitrogens with two attached hydrogens (primary N) is 1. The van der Waals surface area contributed by atoms with Gasteiger partial charge in [0.15, 0.2) is 5.82 Å². The van der Waals surface area contributed by atoms with E-state index in [1.165, 1.54) is 0 Å². The zero-order valence-corrected chi connectivity index (χ0v) is 24.3. The number of imidazole rings is 1. The van der Waals surface area contributed by atoms with Gasteiger partial charge in [0.05, 0.1) is 29.8 Å². The lowest BCUT2D eigenvalue weighted by molar-refractivity contribution is -0.149. The first-order valence-electron chi connectivity index (χ1n) is 13.2. The number of esters is 1. The Morgan fingerprint density at radius 3 is 2.45 bits per heavy atom. The number of para-hydroxylation sites is 2. The van der Waals surface area contributed by atoms with Crippen LogP contribution in [0.25, 0.3) is 21.9 Å². The standard InChI is InChI=1S/C28H36N5O6P/c1-6-36-17-24-31-25-26(22-14-10-11-15-23(22)30-27(25)29)33(24)16-19(4)38-40(35,39-21-12-8-7-9-13-21)32-20(5)28(34)37-18(2)3/h7-15,18-20H,6,16-17H2,1-5H3,(H2,29,30)(H,32,35)/t19-,20-,40-/m1/s1. The number of carbonyl (C=O) groups excluding carboxylic acids is 1. The molecule has 214 valence electrons. The third-order valence-electron chi connectivity index (χ3n) is 5.91. The van der Waals surface area contributed by atoms with E-state index in [2.05, 4.69) is 10.1 Å². The van der Waals surface area contributed by atoms with Gasteiger partial charge in [-0.25, -0.2) is 14.5 Å². The maximum atomic E-state index is 14.1. The van der Waals surface area contributed by atoms with Gasteiger partial charge in [-0.3, -0.25) is 9.32 Å². The molecule has 0 saturated carbocycles. The van der Waals surface area contributed by atoms with Gasteiger partial charge in [0.25, 0.3) is 0 Å². The molecule has 0 amide bonds. The van der Waals surface area contributed by atoms with Gasteiger partial charge in [-0.2, -0.15) is 5.09 Å². The second-order valence-electron chi connectivity index (χ2n) is 9.64. The van der Waals surface area contributed by atoms with Gasteiger partial charge < -0.3 is 24.3 Å². The predicted molar refractivity (Wildman–Crippen MR) is 154 cm³/mol. The molecule has 2 aromatic heterocycles. The van der Waals surface area contributed by atoms with Crippen LogP contribution in [0.2, 0.25) is 0 Å². The summed E-state index contributed by atoms with van der Waals surface area (Å²) in [6, 6.07) is 15.3. The SMILES string of the molecule is CCOCc1nc2c(N)nc3ccccc3c2n1C[C@@H](C)O[P@](=O)(N[C@H](C)C(=O)OC(C)C)Oc1ccccc1. The van der Waals surface area contributed by atoms with E-state index >= 15 is 0 Å². The largest absolute Gasteiger partial charge is 0.462 e. The first kappa shape index (κ1) is 29.5. The normalized spacial score (nSPS) is 14.8. The number of carbonyl (C=O) groups is 1. The van der Waals surface area contributed by atoms with Gasteiger partial charge >= 0.3 is 13.7 Å². The van der Waals surface area contributed by atoms with E-state index in [4.69, 9.17) is 29.2 Å². The van der Waals surface area contributed by atoms with Gasteiger partial charge in [0, 0.05) is 12.0 Å². The summed E-state index contributed by atoms with van der Waals surface area (Å²) in [5.41, 5.74) is 8.34. The molecule has 2 aromatic carbocycles. The number of hydrogen-bond donors (Lipinski definition) is 2. The molecule has 0 aliphatic heterocycles. The summed E-state index contributed by atoms with van der Waals surface area (Å²) in [5.74, 6) is 0.677. The van der Waals surface area contributed by atoms with E-state index in [0.717, 1.165) is 16.4 Å². The Morgan fingerprint density at radius 1 is 1.05 bits per heavy atom. The Kier molecular flexibility index (Phi) is 9.42. The first-order chi connectivity index (χ1) is 19.1. The minimum absolute atomic E-state index is 0.236. The highest BCUT2D eigenvalue weighted by molar-refractivity contribution is 7.52. The van der Waals surface area contributed by atoms with Crippen molar-refractivity contribution in [2.75, 3.05) is 12.3 Å². The summed E-state index contributed by atoms with van der Waals surface area (Å²) in [6.07, 6.45) is -0.998. The van der Waals surface area contributed by atoms with Crippen molar-refractivity contribution in [1.29, 1.82) is 0 Å². The highest BCUT2D eigenvalue weighted by atomic mass is 31.2. The van der Waals surface area contributed by atoms with Crippen LogP contribution in [0.15, 0.2) is 54.6 Å². The fourth-order valence-corrected chi connectivity index (χ4v) is 5.93.